The van der Waals surface area contributed by atoms with Crippen molar-refractivity contribution >= 4 is 52.1 Å². The van der Waals surface area contributed by atoms with E-state index in [0.29, 0.717) is 102 Å². The van der Waals surface area contributed by atoms with Gasteiger partial charge in [-0.1, -0.05) is 6.92 Å². The van der Waals surface area contributed by atoms with Crippen LogP contribution in [-0.4, -0.2) is 88.3 Å². The van der Waals surface area contributed by atoms with Gasteiger partial charge in [-0.2, -0.15) is 0 Å². The summed E-state index contributed by atoms with van der Waals surface area (Å²) in [4.78, 5) is 66.8. The third-order valence-electron chi connectivity index (χ3n) is 10.9. The van der Waals surface area contributed by atoms with Crippen molar-refractivity contribution in [3.63, 3.8) is 0 Å². The van der Waals surface area contributed by atoms with E-state index in [1.807, 2.05) is 10.6 Å². The second-order valence-electron chi connectivity index (χ2n) is 15.2. The van der Waals surface area contributed by atoms with Gasteiger partial charge in [-0.25, -0.2) is 13.8 Å². The van der Waals surface area contributed by atoms with E-state index in [4.69, 9.17) is 15.5 Å². The summed E-state index contributed by atoms with van der Waals surface area (Å²) in [6.07, 6.45) is 4.03. The van der Waals surface area contributed by atoms with E-state index in [2.05, 4.69) is 32.9 Å². The highest BCUT2D eigenvalue weighted by atomic mass is 19.1. The van der Waals surface area contributed by atoms with Crippen LogP contribution in [0.4, 0.5) is 14.7 Å². The Morgan fingerprint density at radius 1 is 1.05 bits per heavy atom. The van der Waals surface area contributed by atoms with Gasteiger partial charge in [0.15, 0.2) is 0 Å². The van der Waals surface area contributed by atoms with Gasteiger partial charge in [0.1, 0.15) is 11.6 Å². The van der Waals surface area contributed by atoms with Crippen LogP contribution in [0.1, 0.15) is 88.2 Å². The summed E-state index contributed by atoms with van der Waals surface area (Å²) in [5, 5.41) is 8.56. The summed E-state index contributed by atoms with van der Waals surface area (Å²) in [5.41, 5.74) is 9.85. The zero-order valence-corrected chi connectivity index (χ0v) is 32.7. The van der Waals surface area contributed by atoms with Gasteiger partial charge in [-0.3, -0.25) is 39.8 Å². The number of piperidine rings is 1. The number of hydrogen-bond acceptors (Lipinski definition) is 10. The zero-order chi connectivity index (χ0) is 41.1. The number of carbonyl (C=O) groups excluding carboxylic acids is 4. The number of nitrogens with one attached hydrogen (secondary N) is 3. The number of imide groups is 1. The molecule has 7 rings (SSSR count). The summed E-state index contributed by atoms with van der Waals surface area (Å²) in [5.74, 6) is -3.48. The molecule has 0 saturated carbocycles. The Balaban J connectivity index is 1.04. The summed E-state index contributed by atoms with van der Waals surface area (Å²) in [7, 11) is 1.62. The minimum Gasteiger partial charge on any atom is -0.477 e. The molecule has 2 aromatic heterocycles. The van der Waals surface area contributed by atoms with Crippen LogP contribution < -0.4 is 21.7 Å². The summed E-state index contributed by atoms with van der Waals surface area (Å²) < 4.78 is 38.1. The Hall–Kier alpha value is -6.03. The number of nitrogens with zero attached hydrogens (tertiary/aromatic N) is 5. The van der Waals surface area contributed by atoms with Crippen molar-refractivity contribution in [2.75, 3.05) is 38.6 Å². The Kier molecular flexibility index (Phi) is 11.9. The summed E-state index contributed by atoms with van der Waals surface area (Å²) in [6.45, 7) is 6.23. The number of carbonyl (C=O) groups is 4. The van der Waals surface area contributed by atoms with E-state index in [-0.39, 0.29) is 42.2 Å². The van der Waals surface area contributed by atoms with Crippen LogP contribution >= 0.6 is 0 Å². The zero-order valence-electron chi connectivity index (χ0n) is 32.7. The quantitative estimate of drug-likeness (QED) is 0.202. The fourth-order valence-corrected chi connectivity index (χ4v) is 7.98. The van der Waals surface area contributed by atoms with Crippen LogP contribution in [0.3, 0.4) is 0 Å². The van der Waals surface area contributed by atoms with E-state index in [0.717, 1.165) is 12.8 Å². The first-order valence-electron chi connectivity index (χ1n) is 19.6. The number of nitrogens with two attached hydrogens (primary N) is 1. The van der Waals surface area contributed by atoms with Crippen molar-refractivity contribution in [1.29, 1.82) is 0 Å². The van der Waals surface area contributed by atoms with Gasteiger partial charge in [0.2, 0.25) is 23.7 Å². The number of anilines is 1. The lowest BCUT2D eigenvalue weighted by Gasteiger charge is -2.22. The Labute approximate surface area is 334 Å². The first-order chi connectivity index (χ1) is 27.9. The second kappa shape index (κ2) is 17.2. The van der Waals surface area contributed by atoms with Crippen molar-refractivity contribution in [2.45, 2.75) is 70.9 Å². The molecule has 3 aliphatic rings. The van der Waals surface area contributed by atoms with Crippen LogP contribution in [-0.2, 0) is 27.3 Å². The van der Waals surface area contributed by atoms with Crippen LogP contribution in [0.25, 0.3) is 16.6 Å². The molecule has 3 aliphatic heterocycles. The smallest absolute Gasteiger partial charge is 0.258 e. The molecule has 16 heteroatoms. The number of fused-ring (bicyclic) bond motifs is 5. The molecule has 2 bridgehead atoms. The van der Waals surface area contributed by atoms with Gasteiger partial charge in [0.25, 0.3) is 11.8 Å². The largest absolute Gasteiger partial charge is 0.477 e. The highest BCUT2D eigenvalue weighted by Gasteiger charge is 2.33. The number of aromatic nitrogens is 3. The Bertz CT molecular complexity index is 2320. The number of amides is 4. The van der Waals surface area contributed by atoms with Crippen LogP contribution in [0, 0.1) is 24.5 Å². The number of imidazole rings is 1. The van der Waals surface area contributed by atoms with Crippen molar-refractivity contribution in [1.82, 2.24) is 30.1 Å². The van der Waals surface area contributed by atoms with Crippen LogP contribution in [0.2, 0.25) is 0 Å². The first-order valence-corrected chi connectivity index (χ1v) is 19.6. The Morgan fingerprint density at radius 3 is 2.59 bits per heavy atom. The molecule has 58 heavy (non-hydrogen) atoms. The van der Waals surface area contributed by atoms with Gasteiger partial charge >= 0.3 is 0 Å². The highest BCUT2D eigenvalue weighted by molar-refractivity contribution is 6.19. The van der Waals surface area contributed by atoms with Crippen molar-refractivity contribution < 1.29 is 32.7 Å². The fourth-order valence-electron chi connectivity index (χ4n) is 7.98. The molecule has 304 valence electrons. The van der Waals surface area contributed by atoms with E-state index in [9.17, 15) is 19.2 Å². The topological polar surface area (TPSA) is 186 Å². The third kappa shape index (κ3) is 8.61. The number of aryl methyl sites for hydroxylation is 1. The van der Waals surface area contributed by atoms with Gasteiger partial charge in [0, 0.05) is 67.7 Å². The highest BCUT2D eigenvalue weighted by Crippen LogP contribution is 2.31. The van der Waals surface area contributed by atoms with E-state index in [1.165, 1.54) is 18.3 Å². The molecule has 0 aliphatic carbocycles. The average Bonchev–Trinajstić information content (AvgIpc) is 3.79. The van der Waals surface area contributed by atoms with Crippen molar-refractivity contribution in [2.24, 2.45) is 16.6 Å². The predicted octanol–water partition coefficient (Wildman–Crippen LogP) is 4.61. The predicted molar refractivity (Wildman–Crippen MR) is 214 cm³/mol. The van der Waals surface area contributed by atoms with Crippen LogP contribution in [0.5, 0.6) is 0 Å². The van der Waals surface area contributed by atoms with Gasteiger partial charge in [0.05, 0.1) is 34.8 Å². The second-order valence-corrected chi connectivity index (χ2v) is 15.2. The molecule has 0 spiro atoms. The maximum absolute atomic E-state index is 15.0. The van der Waals surface area contributed by atoms with Crippen molar-refractivity contribution in [3.05, 3.63) is 93.9 Å². The van der Waals surface area contributed by atoms with E-state index >= 15 is 8.78 Å². The minimum atomic E-state index is -1.05. The molecule has 4 amide bonds. The molecule has 2 fully saturated rings. The molecule has 0 unspecified atom stereocenters. The lowest BCUT2D eigenvalue weighted by atomic mass is 9.89. The fraction of sp³-hybridized carbons (Fsp3) is 0.405. The van der Waals surface area contributed by atoms with Gasteiger partial charge in [-0.05, 0) is 99.5 Å². The number of likely N-dealkylation sites (tertiary alicyclic amines) is 1. The molecular formula is C42H47F2N9O5. The molecule has 4 aromatic rings. The van der Waals surface area contributed by atoms with Gasteiger partial charge < -0.3 is 25.3 Å². The number of halogens is 2. The number of aliphatic imine (C=N–C) groups is 1. The molecule has 14 nitrogen and oxygen atoms in total. The average molecular weight is 796 g/mol. The van der Waals surface area contributed by atoms with Gasteiger partial charge in [-0.15, -0.1) is 0 Å². The molecule has 0 radical (unpaired) electrons. The van der Waals surface area contributed by atoms with Crippen molar-refractivity contribution in [3.8, 4) is 0 Å². The molecule has 2 aromatic carbocycles. The number of ether oxygens (including phenoxy) is 1. The van der Waals surface area contributed by atoms with Crippen LogP contribution in [0.15, 0.2) is 53.7 Å². The normalized spacial score (nSPS) is 22.0. The third-order valence-corrected chi connectivity index (χ3v) is 10.9. The molecular weight excluding hydrogens is 749 g/mol. The molecule has 5 N–H and O–H groups in total. The van der Waals surface area contributed by atoms with E-state index < -0.39 is 29.4 Å². The standard InChI is InChI=1S/C42H47F2N9O5/c1-23-5-4-14-58-40(46-3)30(20-45)34-18-27(15-24(2)48-34)38(55)51-42-49-33-8-6-26(19-35(33)53(42)21-23)41(57)52-13-11-28(22-52)47-12-10-25-16-31(43)37(32(44)17-25)29-7-9-36(54)50-39(29)56/h6,8,15-20,23,28-29,47H,4-5,7,9-14,21-22,45H2,1-3H3,(H,49,51,55)(H,50,54,56)/t23-,28+,29-/m1/s1. The summed E-state index contributed by atoms with van der Waals surface area (Å²) in [6, 6.07) is 11.1. The first kappa shape index (κ1) is 40.2. The SMILES string of the molecule is CN=C1OCCC[C@@H](C)Cn2c(nc3ccc(C(=O)N4CC[C@H](NCCc5cc(F)c([C@H]6CCC(=O)NC6=O)c(F)c5)C4)cc32)NC(=O)c2cc(C)nc(c2)C1=CN. The molecule has 5 heterocycles. The maximum Gasteiger partial charge on any atom is 0.258 e. The number of rotatable bonds is 6. The molecule has 2 saturated heterocycles. The maximum atomic E-state index is 15.0. The van der Waals surface area contributed by atoms with E-state index in [1.54, 1.807) is 43.1 Å². The minimum absolute atomic E-state index is 0.0215. The number of hydrogen-bond donors (Lipinski definition) is 4. The number of pyridine rings is 1. The monoisotopic (exact) mass is 795 g/mol. The Morgan fingerprint density at radius 2 is 1.84 bits per heavy atom. The lowest BCUT2D eigenvalue weighted by molar-refractivity contribution is -0.134. The summed E-state index contributed by atoms with van der Waals surface area (Å²) >= 11 is 0. The lowest BCUT2D eigenvalue weighted by Crippen LogP contribution is -2.40. The molecule has 3 atom stereocenters. The number of benzene rings is 2.